The van der Waals surface area contributed by atoms with Crippen molar-refractivity contribution in [1.82, 2.24) is 25.4 Å². The van der Waals surface area contributed by atoms with Gasteiger partial charge in [0.15, 0.2) is 22.3 Å². The third-order valence-corrected chi connectivity index (χ3v) is 9.65. The van der Waals surface area contributed by atoms with Crippen molar-refractivity contribution in [1.29, 1.82) is 0 Å². The van der Waals surface area contributed by atoms with Gasteiger partial charge in [-0.15, -0.1) is 33.3 Å². The number of amides is 2. The number of carboxylic acids is 1. The van der Waals surface area contributed by atoms with Gasteiger partial charge in [0.1, 0.15) is 23.7 Å². The molecule has 4 heterocycles. The number of thiazole rings is 1. The first-order valence-corrected chi connectivity index (χ1v) is 16.2. The number of hydrogen-bond acceptors (Lipinski definition) is 16. The van der Waals surface area contributed by atoms with E-state index in [9.17, 15) is 29.7 Å². The molecule has 2 aromatic heterocycles. The number of rotatable bonds is 11. The van der Waals surface area contributed by atoms with Gasteiger partial charge >= 0.3 is 29.6 Å². The molecule has 2 amide bonds. The molecule has 2 aromatic carbocycles. The number of nitrogen functional groups attached to an aromatic ring is 1. The molecule has 236 valence electrons. The fourth-order valence-electron chi connectivity index (χ4n) is 4.53. The summed E-state index contributed by atoms with van der Waals surface area (Å²) in [5.74, 6) is -3.20. The van der Waals surface area contributed by atoms with Gasteiger partial charge in [-0.2, -0.15) is 0 Å². The van der Waals surface area contributed by atoms with Crippen molar-refractivity contribution in [2.75, 3.05) is 17.2 Å². The van der Waals surface area contributed by atoms with Gasteiger partial charge in [-0.1, -0.05) is 47.2 Å². The van der Waals surface area contributed by atoms with Gasteiger partial charge in [0, 0.05) is 22.4 Å². The second-order valence-corrected chi connectivity index (χ2v) is 12.7. The van der Waals surface area contributed by atoms with Crippen LogP contribution in [0.25, 0.3) is 11.5 Å². The largest absolute Gasteiger partial charge is 1.00 e. The van der Waals surface area contributed by atoms with Crippen molar-refractivity contribution in [2.24, 2.45) is 5.16 Å². The topological polar surface area (TPSA) is 229 Å². The number of carbonyl (C=O) groups excluding carboxylic acids is 3. The van der Waals surface area contributed by atoms with Crippen LogP contribution in [0.5, 0.6) is 11.5 Å². The van der Waals surface area contributed by atoms with Crippen LogP contribution in [0.4, 0.5) is 5.13 Å². The van der Waals surface area contributed by atoms with Crippen molar-refractivity contribution in [2.45, 2.75) is 23.2 Å². The number of oxime groups is 1. The minimum absolute atomic E-state index is 0. The Morgan fingerprint density at radius 2 is 1.98 bits per heavy atom. The van der Waals surface area contributed by atoms with E-state index in [0.29, 0.717) is 11.1 Å². The maximum absolute atomic E-state index is 13.3. The monoisotopic (exact) mass is 703 g/mol. The first-order chi connectivity index (χ1) is 22.2. The summed E-state index contributed by atoms with van der Waals surface area (Å²) < 4.78 is 5.60. The summed E-state index contributed by atoms with van der Waals surface area (Å²) in [5.41, 5.74) is 7.02. The summed E-state index contributed by atoms with van der Waals surface area (Å²) in [5, 5.41) is 47.1. The molecule has 15 nitrogen and oxygen atoms in total. The molecule has 0 bridgehead atoms. The van der Waals surface area contributed by atoms with Crippen LogP contribution in [-0.2, 0) is 25.8 Å². The molecule has 0 spiro atoms. The number of anilines is 1. The zero-order valence-electron chi connectivity index (χ0n) is 24.4. The molecular formula is C28H22N7NaO8S3. The van der Waals surface area contributed by atoms with Crippen LogP contribution in [0.1, 0.15) is 11.3 Å². The number of nitrogens with zero attached hydrogens (tertiary/aromatic N) is 5. The first-order valence-electron chi connectivity index (χ1n) is 13.3. The number of aromatic nitrogens is 3. The predicted molar refractivity (Wildman–Crippen MR) is 165 cm³/mol. The van der Waals surface area contributed by atoms with Crippen LogP contribution in [-0.4, -0.2) is 76.7 Å². The van der Waals surface area contributed by atoms with Gasteiger partial charge in [0.2, 0.25) is 5.89 Å². The number of nitrogens with one attached hydrogen (secondary N) is 1. The van der Waals surface area contributed by atoms with E-state index in [0.717, 1.165) is 33.6 Å². The third-order valence-electron chi connectivity index (χ3n) is 6.74. The fraction of sp³-hybridized carbons (Fsp3) is 0.179. The number of fused-ring (bicyclic) bond motifs is 1. The van der Waals surface area contributed by atoms with Crippen LogP contribution in [0.2, 0.25) is 0 Å². The Morgan fingerprint density at radius 1 is 1.19 bits per heavy atom. The second-order valence-electron chi connectivity index (χ2n) is 9.74. The number of β-lactam (4-membered cyclic amide) rings is 1. The van der Waals surface area contributed by atoms with Crippen molar-refractivity contribution in [3.8, 4) is 23.0 Å². The van der Waals surface area contributed by atoms with Crippen LogP contribution in [0, 0.1) is 0 Å². The molecule has 4 aromatic rings. The molecule has 1 saturated heterocycles. The number of aromatic hydroxyl groups is 2. The summed E-state index contributed by atoms with van der Waals surface area (Å²) >= 11 is 3.42. The van der Waals surface area contributed by atoms with E-state index in [-0.39, 0.29) is 92.5 Å². The first kappa shape index (κ1) is 34.3. The molecule has 5 N–H and O–H groups in total. The van der Waals surface area contributed by atoms with Crippen molar-refractivity contribution < 1.29 is 68.5 Å². The van der Waals surface area contributed by atoms with E-state index in [1.165, 1.54) is 35.3 Å². The molecule has 2 aliphatic heterocycles. The van der Waals surface area contributed by atoms with E-state index in [1.807, 2.05) is 30.3 Å². The third kappa shape index (κ3) is 7.42. The number of aliphatic carboxylic acids is 1. The van der Waals surface area contributed by atoms with Gasteiger partial charge in [0.05, 0.1) is 11.7 Å². The van der Waals surface area contributed by atoms with E-state index >= 15 is 0 Å². The SMILES string of the molecule is Nc1nc(C(=NOCc2ccccc2)C(=O)N[C@@H]2C(=O)N3C(C(=O)[O-])=C(CSc4nnc(-c5ccc(O)c(O)c5)o4)CS[C@@H]23)cs1.[Na+]. The number of benzene rings is 2. The molecular weight excluding hydrogens is 682 g/mol. The zero-order valence-corrected chi connectivity index (χ0v) is 28.8. The minimum Gasteiger partial charge on any atom is -0.543 e. The number of phenols is 2. The van der Waals surface area contributed by atoms with Crippen molar-refractivity contribution in [3.05, 3.63) is 76.4 Å². The van der Waals surface area contributed by atoms with Crippen LogP contribution < -0.4 is 45.7 Å². The number of carboxylic acid groups (broad SMARTS) is 1. The Kier molecular flexibility index (Phi) is 10.8. The number of carbonyl (C=O) groups is 3. The van der Waals surface area contributed by atoms with Gasteiger partial charge in [-0.25, -0.2) is 4.98 Å². The molecule has 2 atom stereocenters. The van der Waals surface area contributed by atoms with Crippen LogP contribution >= 0.6 is 34.9 Å². The Balaban J connectivity index is 0.00000433. The number of hydrogen-bond donors (Lipinski definition) is 4. The van der Waals surface area contributed by atoms with E-state index in [1.54, 1.807) is 0 Å². The Morgan fingerprint density at radius 3 is 2.68 bits per heavy atom. The van der Waals surface area contributed by atoms with E-state index < -0.39 is 29.2 Å². The quantitative estimate of drug-likeness (QED) is 0.0341. The smallest absolute Gasteiger partial charge is 0.543 e. The molecule has 0 unspecified atom stereocenters. The molecule has 19 heteroatoms. The van der Waals surface area contributed by atoms with Gasteiger partial charge in [-0.3, -0.25) is 14.5 Å². The number of nitrogens with two attached hydrogens (primary N) is 1. The summed E-state index contributed by atoms with van der Waals surface area (Å²) in [6, 6.07) is 12.1. The molecule has 0 saturated carbocycles. The molecule has 2 aliphatic rings. The number of thioether (sulfide) groups is 2. The maximum atomic E-state index is 13.3. The van der Waals surface area contributed by atoms with Gasteiger partial charge in [0.25, 0.3) is 17.0 Å². The molecule has 0 aliphatic carbocycles. The van der Waals surface area contributed by atoms with Gasteiger partial charge < -0.3 is 40.4 Å². The molecule has 6 rings (SSSR count). The standard InChI is InChI=1S/C28H23N7O8S3.Na/c29-27-30-16(12-45-27)19(34-42-9-13-4-2-1-3-5-13)22(38)31-20-24(39)35-21(26(40)41)15(10-44-25(20)35)11-46-28-33-32-23(43-28)14-6-7-17(36)18(37)8-14;/h1-8,12,20,25,36-37H,9-11H2,(H2,29,30)(H,31,38)(H,40,41);/q;+1/p-1/t20-,25+;/m1./s1. The van der Waals surface area contributed by atoms with Crippen LogP contribution in [0.3, 0.4) is 0 Å². The normalized spacial score (nSPS) is 17.4. The molecule has 47 heavy (non-hydrogen) atoms. The fourth-order valence-corrected chi connectivity index (χ4v) is 7.32. The summed E-state index contributed by atoms with van der Waals surface area (Å²) in [4.78, 5) is 49.4. The Labute approximate surface area is 300 Å². The summed E-state index contributed by atoms with van der Waals surface area (Å²) in [7, 11) is 0. The average Bonchev–Trinajstić information content (AvgIpc) is 3.71. The molecule has 0 radical (unpaired) electrons. The number of phenolic OH excluding ortho intramolecular Hbond substituents is 2. The Bertz CT molecular complexity index is 1880. The Hall–Kier alpha value is -4.07. The zero-order chi connectivity index (χ0) is 32.4. The van der Waals surface area contributed by atoms with E-state index in [4.69, 9.17) is 15.0 Å². The van der Waals surface area contributed by atoms with E-state index in [2.05, 4.69) is 25.7 Å². The van der Waals surface area contributed by atoms with Crippen LogP contribution in [0.15, 0.2) is 80.0 Å². The summed E-state index contributed by atoms with van der Waals surface area (Å²) in [6.07, 6.45) is 0. The average molecular weight is 704 g/mol. The minimum atomic E-state index is -1.54. The van der Waals surface area contributed by atoms with Gasteiger partial charge in [-0.05, 0) is 29.3 Å². The summed E-state index contributed by atoms with van der Waals surface area (Å²) in [6.45, 7) is 0.0811. The maximum Gasteiger partial charge on any atom is 1.00 e. The second kappa shape index (κ2) is 14.8. The molecule has 1 fully saturated rings. The van der Waals surface area contributed by atoms with Crippen molar-refractivity contribution in [3.63, 3.8) is 0 Å². The van der Waals surface area contributed by atoms with Crippen molar-refractivity contribution >= 4 is 63.5 Å². The predicted octanol–water partition coefficient (Wildman–Crippen LogP) is -1.69.